The molecule has 0 amide bonds. The van der Waals surface area contributed by atoms with E-state index in [1.807, 2.05) is 36.4 Å². The second-order valence-electron chi connectivity index (χ2n) is 8.94. The number of benzene rings is 3. The molecule has 0 unspecified atom stereocenters. The Morgan fingerprint density at radius 2 is 1.86 bits per heavy atom. The second kappa shape index (κ2) is 9.98. The Hall–Kier alpha value is -3.92. The van der Waals surface area contributed by atoms with Crippen LogP contribution in [0.5, 0.6) is 0 Å². The van der Waals surface area contributed by atoms with Crippen LogP contribution in [0.2, 0.25) is 5.02 Å². The summed E-state index contributed by atoms with van der Waals surface area (Å²) >= 11 is 6.21. The summed E-state index contributed by atoms with van der Waals surface area (Å²) in [6, 6.07) is 18.6. The zero-order valence-corrected chi connectivity index (χ0v) is 20.1. The third-order valence-electron chi connectivity index (χ3n) is 6.79. The molecule has 1 aliphatic carbocycles. The lowest BCUT2D eigenvalue weighted by Crippen LogP contribution is -2.16. The first-order valence-corrected chi connectivity index (χ1v) is 12.1. The Balaban J connectivity index is 1.79. The molecule has 0 radical (unpaired) electrons. The van der Waals surface area contributed by atoms with Crippen LogP contribution in [-0.4, -0.2) is 11.1 Å². The summed E-state index contributed by atoms with van der Waals surface area (Å²) in [4.78, 5) is 10.9. The van der Waals surface area contributed by atoms with Crippen molar-refractivity contribution < 1.29 is 14.3 Å². The molecule has 0 saturated heterocycles. The fourth-order valence-corrected chi connectivity index (χ4v) is 4.99. The van der Waals surface area contributed by atoms with Gasteiger partial charge in [0.2, 0.25) is 0 Å². The van der Waals surface area contributed by atoms with Gasteiger partial charge in [0.25, 0.3) is 0 Å². The maximum absolute atomic E-state index is 16.0. The Morgan fingerprint density at radius 3 is 2.53 bits per heavy atom. The number of carbonyl (C=O) groups is 1. The molecule has 0 aromatic heterocycles. The number of nitrogens with zero attached hydrogens (tertiary/aromatic N) is 1. The van der Waals surface area contributed by atoms with Crippen molar-refractivity contribution in [1.29, 1.82) is 5.26 Å². The van der Waals surface area contributed by atoms with Gasteiger partial charge in [-0.15, -0.1) is 0 Å². The average molecular weight is 500 g/mol. The number of fused-ring (bicyclic) bond motifs is 1. The van der Waals surface area contributed by atoms with Gasteiger partial charge in [0.05, 0.1) is 17.3 Å². The molecule has 1 saturated carbocycles. The van der Waals surface area contributed by atoms with Gasteiger partial charge in [-0.05, 0) is 76.9 Å². The highest BCUT2D eigenvalue weighted by Crippen LogP contribution is 2.47. The molecule has 5 nitrogen and oxygen atoms in total. The quantitative estimate of drug-likeness (QED) is 0.261. The van der Waals surface area contributed by atoms with Crippen molar-refractivity contribution in [1.82, 2.24) is 5.43 Å². The van der Waals surface area contributed by atoms with Gasteiger partial charge in [0, 0.05) is 28.8 Å². The van der Waals surface area contributed by atoms with Crippen molar-refractivity contribution in [3.05, 3.63) is 105 Å². The normalized spacial score (nSPS) is 15.6. The lowest BCUT2D eigenvalue weighted by Gasteiger charge is -2.32. The molecule has 1 aliphatic heterocycles. The lowest BCUT2D eigenvalue weighted by atomic mass is 9.72. The zero-order valence-electron chi connectivity index (χ0n) is 19.3. The third kappa shape index (κ3) is 4.51. The standard InChI is InChI=1S/C29H23ClFN3O2/c30-21-9-10-22(20(14-21)15-32)27(18-2-1-3-18)28(19-7-4-17(5-8-19)6-13-26(35)36)23-11-12-25-24(29(23)31)16-33-34-25/h4-14,18,33-34H,1-3,16H2,(H,35,36)/b13-6+,28-27+. The summed E-state index contributed by atoms with van der Waals surface area (Å²) in [5, 5.41) is 19.4. The van der Waals surface area contributed by atoms with Crippen LogP contribution in [0.4, 0.5) is 10.1 Å². The molecular weight excluding hydrogens is 477 g/mol. The van der Waals surface area contributed by atoms with E-state index in [1.54, 1.807) is 18.2 Å². The molecule has 36 heavy (non-hydrogen) atoms. The van der Waals surface area contributed by atoms with E-state index in [-0.39, 0.29) is 11.7 Å². The van der Waals surface area contributed by atoms with E-state index in [0.717, 1.165) is 53.2 Å². The summed E-state index contributed by atoms with van der Waals surface area (Å²) < 4.78 is 16.0. The highest BCUT2D eigenvalue weighted by molar-refractivity contribution is 6.30. The van der Waals surface area contributed by atoms with E-state index in [9.17, 15) is 10.1 Å². The van der Waals surface area contributed by atoms with Crippen LogP contribution in [0, 0.1) is 23.1 Å². The van der Waals surface area contributed by atoms with Gasteiger partial charge >= 0.3 is 5.97 Å². The molecule has 7 heteroatoms. The van der Waals surface area contributed by atoms with E-state index in [4.69, 9.17) is 16.7 Å². The largest absolute Gasteiger partial charge is 0.478 e. The van der Waals surface area contributed by atoms with Crippen molar-refractivity contribution in [3.63, 3.8) is 0 Å². The minimum absolute atomic E-state index is 0.170. The molecule has 0 atom stereocenters. The van der Waals surface area contributed by atoms with Gasteiger partial charge < -0.3 is 10.5 Å². The number of carboxylic acids is 1. The second-order valence-corrected chi connectivity index (χ2v) is 9.38. The summed E-state index contributed by atoms with van der Waals surface area (Å²) in [6.07, 6.45) is 5.56. The Labute approximate surface area is 213 Å². The van der Waals surface area contributed by atoms with Crippen LogP contribution in [0.25, 0.3) is 17.2 Å². The fraction of sp³-hybridized carbons (Fsp3) is 0.172. The van der Waals surface area contributed by atoms with E-state index < -0.39 is 5.97 Å². The number of hydrazine groups is 1. The first-order chi connectivity index (χ1) is 17.5. The van der Waals surface area contributed by atoms with E-state index in [2.05, 4.69) is 16.9 Å². The summed E-state index contributed by atoms with van der Waals surface area (Å²) in [7, 11) is 0. The predicted molar refractivity (Wildman–Crippen MR) is 139 cm³/mol. The Kier molecular flexibility index (Phi) is 6.60. The zero-order chi connectivity index (χ0) is 25.2. The van der Waals surface area contributed by atoms with Crippen LogP contribution >= 0.6 is 11.6 Å². The SMILES string of the molecule is N#Cc1cc(Cl)ccc1/C(=C(\c1ccc(/C=C/C(=O)O)cc1)c1ccc2c(c1F)CNN2)C1CCC1. The number of rotatable bonds is 6. The maximum atomic E-state index is 16.0. The monoisotopic (exact) mass is 499 g/mol. The highest BCUT2D eigenvalue weighted by Gasteiger charge is 2.30. The molecule has 3 aromatic carbocycles. The van der Waals surface area contributed by atoms with E-state index >= 15 is 4.39 Å². The van der Waals surface area contributed by atoms with Gasteiger partial charge in [-0.3, -0.25) is 0 Å². The molecule has 0 bridgehead atoms. The molecule has 2 aliphatic rings. The van der Waals surface area contributed by atoms with Crippen molar-refractivity contribution >= 4 is 40.5 Å². The molecule has 3 N–H and O–H groups in total. The van der Waals surface area contributed by atoms with Crippen molar-refractivity contribution in [3.8, 4) is 6.07 Å². The summed E-state index contributed by atoms with van der Waals surface area (Å²) in [6.45, 7) is 0.365. The minimum atomic E-state index is -1.03. The highest BCUT2D eigenvalue weighted by atomic mass is 35.5. The Bertz CT molecular complexity index is 1450. The van der Waals surface area contributed by atoms with Crippen molar-refractivity contribution in [2.45, 2.75) is 25.8 Å². The molecular formula is C29H23ClFN3O2. The van der Waals surface area contributed by atoms with E-state index in [1.165, 1.54) is 6.08 Å². The fourth-order valence-electron chi connectivity index (χ4n) is 4.82. The minimum Gasteiger partial charge on any atom is -0.478 e. The van der Waals surface area contributed by atoms with Crippen molar-refractivity contribution in [2.75, 3.05) is 5.43 Å². The summed E-state index contributed by atoms with van der Waals surface area (Å²) in [5.74, 6) is -1.16. The van der Waals surface area contributed by atoms with E-state index in [0.29, 0.717) is 33.9 Å². The van der Waals surface area contributed by atoms with Crippen LogP contribution in [0.3, 0.4) is 0 Å². The molecule has 1 fully saturated rings. The Morgan fingerprint density at radius 1 is 1.11 bits per heavy atom. The number of hydrogen-bond acceptors (Lipinski definition) is 4. The number of hydrogen-bond donors (Lipinski definition) is 3. The van der Waals surface area contributed by atoms with Gasteiger partial charge in [-0.25, -0.2) is 14.6 Å². The topological polar surface area (TPSA) is 85.2 Å². The lowest BCUT2D eigenvalue weighted by molar-refractivity contribution is -0.131. The maximum Gasteiger partial charge on any atom is 0.328 e. The number of aliphatic carboxylic acids is 1. The van der Waals surface area contributed by atoms with Crippen LogP contribution in [0.1, 0.15) is 52.6 Å². The number of nitriles is 1. The number of anilines is 1. The molecule has 1 heterocycles. The summed E-state index contributed by atoms with van der Waals surface area (Å²) in [5.41, 5.74) is 12.1. The smallest absolute Gasteiger partial charge is 0.328 e. The first kappa shape index (κ1) is 23.8. The van der Waals surface area contributed by atoms with Gasteiger partial charge in [0.1, 0.15) is 5.82 Å². The van der Waals surface area contributed by atoms with Crippen LogP contribution < -0.4 is 10.9 Å². The van der Waals surface area contributed by atoms with Gasteiger partial charge in [-0.1, -0.05) is 48.4 Å². The molecule has 3 aromatic rings. The van der Waals surface area contributed by atoms with Gasteiger partial charge in [-0.2, -0.15) is 5.26 Å². The van der Waals surface area contributed by atoms with Crippen molar-refractivity contribution in [2.24, 2.45) is 5.92 Å². The van der Waals surface area contributed by atoms with Crippen LogP contribution in [0.15, 0.2) is 60.7 Å². The molecule has 5 rings (SSSR count). The first-order valence-electron chi connectivity index (χ1n) is 11.7. The number of allylic oxidation sites excluding steroid dienone is 1. The molecule has 0 spiro atoms. The molecule has 180 valence electrons. The van der Waals surface area contributed by atoms with Gasteiger partial charge in [0.15, 0.2) is 0 Å². The van der Waals surface area contributed by atoms with Crippen LogP contribution in [-0.2, 0) is 11.3 Å². The third-order valence-corrected chi connectivity index (χ3v) is 7.03. The average Bonchev–Trinajstić information content (AvgIpc) is 3.33. The number of halogens is 2. The predicted octanol–water partition coefficient (Wildman–Crippen LogP) is 6.64. The number of carboxylic acid groups (broad SMARTS) is 1. The number of nitrogens with one attached hydrogen (secondary N) is 2.